The number of benzene rings is 1. The van der Waals surface area contributed by atoms with Crippen molar-refractivity contribution in [1.82, 2.24) is 0 Å². The molecule has 0 radical (unpaired) electrons. The summed E-state index contributed by atoms with van der Waals surface area (Å²) in [6.07, 6.45) is 2.09. The van der Waals surface area contributed by atoms with Gasteiger partial charge in [-0.1, -0.05) is 0 Å². The highest BCUT2D eigenvalue weighted by Gasteiger charge is 2.13. The van der Waals surface area contributed by atoms with Crippen molar-refractivity contribution in [3.8, 4) is 0 Å². The highest BCUT2D eigenvalue weighted by atomic mass is 16.6. The molecule has 0 aliphatic carbocycles. The Bertz CT molecular complexity index is 527. The van der Waals surface area contributed by atoms with E-state index in [0.29, 0.717) is 13.2 Å². The zero-order valence-electron chi connectivity index (χ0n) is 11.3. The molecule has 0 heterocycles. The third-order valence-electron chi connectivity index (χ3n) is 2.68. The fourth-order valence-corrected chi connectivity index (χ4v) is 1.60. The standard InChI is InChI=1S/C13H16N2O5/c1-14(7-8-20-2)11-4-5-12(15(18)19)10(9-11)3-6-13(16)17/h3-6,9H,7-8H2,1-2H3,(H,16,17)/b6-3+. The Morgan fingerprint density at radius 2 is 2.25 bits per heavy atom. The molecule has 0 atom stereocenters. The van der Waals surface area contributed by atoms with Crippen LogP contribution in [0.3, 0.4) is 0 Å². The molecule has 1 N–H and O–H groups in total. The fourth-order valence-electron chi connectivity index (χ4n) is 1.60. The molecule has 1 aromatic rings. The zero-order valence-corrected chi connectivity index (χ0v) is 11.3. The smallest absolute Gasteiger partial charge is 0.328 e. The average molecular weight is 280 g/mol. The van der Waals surface area contributed by atoms with Crippen LogP contribution in [0.25, 0.3) is 6.08 Å². The third kappa shape index (κ3) is 4.36. The van der Waals surface area contributed by atoms with Crippen LogP contribution in [0.4, 0.5) is 11.4 Å². The van der Waals surface area contributed by atoms with Crippen LogP contribution in [0.5, 0.6) is 0 Å². The number of likely N-dealkylation sites (N-methyl/N-ethyl adjacent to an activating group) is 1. The highest BCUT2D eigenvalue weighted by molar-refractivity contribution is 5.86. The molecular formula is C13H16N2O5. The Morgan fingerprint density at radius 1 is 1.55 bits per heavy atom. The second-order valence-corrected chi connectivity index (χ2v) is 4.09. The van der Waals surface area contributed by atoms with E-state index >= 15 is 0 Å². The Hall–Kier alpha value is -2.41. The molecule has 20 heavy (non-hydrogen) atoms. The molecule has 0 aliphatic rings. The van der Waals surface area contributed by atoms with Gasteiger partial charge < -0.3 is 14.7 Å². The van der Waals surface area contributed by atoms with Gasteiger partial charge in [-0.05, 0) is 18.2 Å². The summed E-state index contributed by atoms with van der Waals surface area (Å²) in [6, 6.07) is 4.55. The minimum atomic E-state index is -1.16. The molecule has 0 saturated heterocycles. The topological polar surface area (TPSA) is 92.9 Å². The molecule has 108 valence electrons. The summed E-state index contributed by atoms with van der Waals surface area (Å²) in [6.45, 7) is 1.14. The Morgan fingerprint density at radius 3 is 2.80 bits per heavy atom. The quantitative estimate of drug-likeness (QED) is 0.465. The normalized spacial score (nSPS) is 10.7. The second-order valence-electron chi connectivity index (χ2n) is 4.09. The predicted octanol–water partition coefficient (Wildman–Crippen LogP) is 1.78. The van der Waals surface area contributed by atoms with Crippen molar-refractivity contribution in [2.45, 2.75) is 0 Å². The lowest BCUT2D eigenvalue weighted by Crippen LogP contribution is -2.22. The Balaban J connectivity index is 3.09. The van der Waals surface area contributed by atoms with E-state index in [-0.39, 0.29) is 11.3 Å². The average Bonchev–Trinajstić information content (AvgIpc) is 2.41. The maximum Gasteiger partial charge on any atom is 0.328 e. The SMILES string of the molecule is COCCN(C)c1ccc([N+](=O)[O-])c(/C=C/C(=O)O)c1. The number of nitro groups is 1. The number of methoxy groups -OCH3 is 1. The van der Waals surface area contributed by atoms with E-state index in [0.717, 1.165) is 11.8 Å². The second kappa shape index (κ2) is 7.25. The van der Waals surface area contributed by atoms with Gasteiger partial charge in [0, 0.05) is 38.5 Å². The number of aliphatic carboxylic acids is 1. The van der Waals surface area contributed by atoms with Gasteiger partial charge in [-0.3, -0.25) is 10.1 Å². The first kappa shape index (κ1) is 15.6. The molecule has 0 saturated carbocycles. The van der Waals surface area contributed by atoms with Gasteiger partial charge in [-0.15, -0.1) is 0 Å². The molecule has 7 nitrogen and oxygen atoms in total. The van der Waals surface area contributed by atoms with Gasteiger partial charge in [0.2, 0.25) is 0 Å². The van der Waals surface area contributed by atoms with Crippen LogP contribution in [-0.4, -0.2) is 43.3 Å². The molecule has 0 aliphatic heterocycles. The number of nitrogens with zero attached hydrogens (tertiary/aromatic N) is 2. The number of ether oxygens (including phenoxy) is 1. The monoisotopic (exact) mass is 280 g/mol. The summed E-state index contributed by atoms with van der Waals surface area (Å²) in [5, 5.41) is 19.5. The molecule has 7 heteroatoms. The van der Waals surface area contributed by atoms with Crippen LogP contribution in [0.1, 0.15) is 5.56 Å². The van der Waals surface area contributed by atoms with Gasteiger partial charge in [0.25, 0.3) is 5.69 Å². The summed E-state index contributed by atoms with van der Waals surface area (Å²) in [7, 11) is 3.41. The minimum Gasteiger partial charge on any atom is -0.478 e. The molecule has 0 bridgehead atoms. The molecule has 1 rings (SSSR count). The zero-order chi connectivity index (χ0) is 15.1. The molecule has 1 aromatic carbocycles. The van der Waals surface area contributed by atoms with E-state index in [4.69, 9.17) is 9.84 Å². The number of anilines is 1. The van der Waals surface area contributed by atoms with Crippen LogP contribution in [-0.2, 0) is 9.53 Å². The van der Waals surface area contributed by atoms with Crippen molar-refractivity contribution >= 4 is 23.4 Å². The third-order valence-corrected chi connectivity index (χ3v) is 2.68. The molecule has 0 aromatic heterocycles. The lowest BCUT2D eigenvalue weighted by atomic mass is 10.1. The molecule has 0 amide bonds. The molecular weight excluding hydrogens is 264 g/mol. The van der Waals surface area contributed by atoms with E-state index in [9.17, 15) is 14.9 Å². The van der Waals surface area contributed by atoms with Crippen molar-refractivity contribution < 1.29 is 19.6 Å². The van der Waals surface area contributed by atoms with E-state index in [1.165, 1.54) is 12.1 Å². The predicted molar refractivity (Wildman–Crippen MR) is 74.9 cm³/mol. The van der Waals surface area contributed by atoms with Crippen LogP contribution in [0, 0.1) is 10.1 Å². The van der Waals surface area contributed by atoms with E-state index in [1.54, 1.807) is 19.2 Å². The minimum absolute atomic E-state index is 0.133. The first-order valence-corrected chi connectivity index (χ1v) is 5.85. The van der Waals surface area contributed by atoms with E-state index in [1.807, 2.05) is 11.9 Å². The number of carboxylic acids is 1. The van der Waals surface area contributed by atoms with Crippen LogP contribution < -0.4 is 4.90 Å². The maximum absolute atomic E-state index is 10.9. The summed E-state index contributed by atoms with van der Waals surface area (Å²) in [4.78, 5) is 22.8. The van der Waals surface area contributed by atoms with Crippen molar-refractivity contribution in [3.05, 3.63) is 40.0 Å². The highest BCUT2D eigenvalue weighted by Crippen LogP contribution is 2.25. The lowest BCUT2D eigenvalue weighted by molar-refractivity contribution is -0.385. The maximum atomic E-state index is 10.9. The molecule has 0 unspecified atom stereocenters. The molecule has 0 spiro atoms. The van der Waals surface area contributed by atoms with Gasteiger partial charge in [-0.25, -0.2) is 4.79 Å². The van der Waals surface area contributed by atoms with Gasteiger partial charge in [-0.2, -0.15) is 0 Å². The number of carboxylic acid groups (broad SMARTS) is 1. The number of rotatable bonds is 7. The number of hydrogen-bond acceptors (Lipinski definition) is 5. The van der Waals surface area contributed by atoms with Gasteiger partial charge in [0.1, 0.15) is 0 Å². The summed E-state index contributed by atoms with van der Waals surface area (Å²) >= 11 is 0. The lowest BCUT2D eigenvalue weighted by Gasteiger charge is -2.19. The number of nitro benzene ring substituents is 1. The summed E-state index contributed by atoms with van der Waals surface area (Å²) in [5.74, 6) is -1.16. The van der Waals surface area contributed by atoms with Gasteiger partial charge in [0.05, 0.1) is 17.1 Å². The van der Waals surface area contributed by atoms with E-state index < -0.39 is 10.9 Å². The molecule has 0 fully saturated rings. The van der Waals surface area contributed by atoms with Gasteiger partial charge >= 0.3 is 5.97 Å². The fraction of sp³-hybridized carbons (Fsp3) is 0.308. The first-order chi connectivity index (χ1) is 9.45. The largest absolute Gasteiger partial charge is 0.478 e. The van der Waals surface area contributed by atoms with Crippen molar-refractivity contribution in [2.75, 3.05) is 32.2 Å². The van der Waals surface area contributed by atoms with Gasteiger partial charge in [0.15, 0.2) is 0 Å². The van der Waals surface area contributed by atoms with E-state index in [2.05, 4.69) is 0 Å². The van der Waals surface area contributed by atoms with Crippen molar-refractivity contribution in [1.29, 1.82) is 0 Å². The van der Waals surface area contributed by atoms with Crippen molar-refractivity contribution in [2.24, 2.45) is 0 Å². The number of carbonyl (C=O) groups is 1. The van der Waals surface area contributed by atoms with Crippen molar-refractivity contribution in [3.63, 3.8) is 0 Å². The van der Waals surface area contributed by atoms with Crippen LogP contribution in [0.15, 0.2) is 24.3 Å². The Kier molecular flexibility index (Phi) is 5.67. The summed E-state index contributed by atoms with van der Waals surface area (Å²) in [5.41, 5.74) is 0.864. The van der Waals surface area contributed by atoms with Crippen LogP contribution in [0.2, 0.25) is 0 Å². The Labute approximate surface area is 116 Å². The summed E-state index contributed by atoms with van der Waals surface area (Å²) < 4.78 is 4.96. The van der Waals surface area contributed by atoms with Crippen LogP contribution >= 0.6 is 0 Å². The first-order valence-electron chi connectivity index (χ1n) is 5.85. The number of hydrogen-bond donors (Lipinski definition) is 1.